The fourth-order valence-corrected chi connectivity index (χ4v) is 14.7. The molecule has 0 aromatic heterocycles. The Bertz CT molecular complexity index is 1780. The van der Waals surface area contributed by atoms with Crippen molar-refractivity contribution in [2.24, 2.45) is 50.2 Å². The van der Waals surface area contributed by atoms with Crippen molar-refractivity contribution in [2.75, 3.05) is 26.4 Å². The molecule has 12 N–H and O–H groups in total. The lowest BCUT2D eigenvalue weighted by Crippen LogP contribution is -2.70. The number of esters is 1. The Morgan fingerprint density at radius 2 is 1.32 bits per heavy atom. The molecule has 4 unspecified atom stereocenters. The number of carbonyl (C=O) groups is 1. The van der Waals surface area contributed by atoms with Crippen molar-refractivity contribution in [3.63, 3.8) is 0 Å². The van der Waals surface area contributed by atoms with Gasteiger partial charge >= 0.3 is 5.97 Å². The molecule has 19 heteroatoms. The Morgan fingerprint density at radius 1 is 0.692 bits per heavy atom. The first-order chi connectivity index (χ1) is 30.4. The maximum atomic E-state index is 15.5. The second-order valence-corrected chi connectivity index (χ2v) is 22.6. The predicted molar refractivity (Wildman–Crippen MR) is 222 cm³/mol. The third-order valence-corrected chi connectivity index (χ3v) is 18.7. The third-order valence-electron chi connectivity index (χ3n) is 18.7. The van der Waals surface area contributed by atoms with Gasteiger partial charge in [-0.1, -0.05) is 53.2 Å². The highest BCUT2D eigenvalue weighted by Crippen LogP contribution is 2.76. The number of carbonyl (C=O) groups excluding carboxylic acids is 1. The molecule has 65 heavy (non-hydrogen) atoms. The molecule has 0 spiro atoms. The summed E-state index contributed by atoms with van der Waals surface area (Å²) in [4.78, 5) is 15.5. The lowest BCUT2D eigenvalue weighted by molar-refractivity contribution is -0.370. The lowest BCUT2D eigenvalue weighted by atomic mass is 9.33. The van der Waals surface area contributed by atoms with Crippen LogP contribution in [0.1, 0.15) is 92.9 Å². The number of hydrogen-bond donors (Lipinski definition) is 12. The van der Waals surface area contributed by atoms with Crippen molar-refractivity contribution >= 4 is 5.97 Å². The predicted octanol–water partition coefficient (Wildman–Crippen LogP) is -1.67. The summed E-state index contributed by atoms with van der Waals surface area (Å²) in [6, 6.07) is 0. The van der Waals surface area contributed by atoms with Crippen LogP contribution >= 0.6 is 0 Å². The summed E-state index contributed by atoms with van der Waals surface area (Å²) in [5, 5.41) is 130. The van der Waals surface area contributed by atoms with E-state index in [9.17, 15) is 61.3 Å². The van der Waals surface area contributed by atoms with Gasteiger partial charge in [0.05, 0.1) is 44.7 Å². The maximum absolute atomic E-state index is 15.5. The summed E-state index contributed by atoms with van der Waals surface area (Å²) in [5.41, 5.74) is -3.81. The Kier molecular flexibility index (Phi) is 13.4. The van der Waals surface area contributed by atoms with E-state index in [1.807, 2.05) is 6.92 Å². The zero-order valence-corrected chi connectivity index (χ0v) is 38.3. The molecule has 0 radical (unpaired) electrons. The molecule has 0 amide bonds. The minimum Gasteiger partial charge on any atom is -0.432 e. The van der Waals surface area contributed by atoms with Crippen LogP contribution in [0, 0.1) is 50.2 Å². The molecular weight excluding hydrogens is 856 g/mol. The molecule has 8 rings (SSSR count). The third kappa shape index (κ3) is 7.52. The second-order valence-electron chi connectivity index (χ2n) is 22.6. The molecule has 0 aromatic carbocycles. The van der Waals surface area contributed by atoms with E-state index in [1.165, 1.54) is 0 Å². The van der Waals surface area contributed by atoms with Crippen LogP contribution in [0.2, 0.25) is 0 Å². The average molecular weight is 931 g/mol. The molecule has 8 aliphatic rings. The van der Waals surface area contributed by atoms with Crippen molar-refractivity contribution in [1.29, 1.82) is 0 Å². The van der Waals surface area contributed by atoms with E-state index >= 15 is 4.79 Å². The van der Waals surface area contributed by atoms with Crippen molar-refractivity contribution in [3.8, 4) is 0 Å². The normalized spacial score (nSPS) is 55.2. The zero-order chi connectivity index (χ0) is 47.6. The molecular formula is C46H74O19. The van der Waals surface area contributed by atoms with Crippen LogP contribution in [0.5, 0.6) is 0 Å². The van der Waals surface area contributed by atoms with E-state index in [-0.39, 0.29) is 36.7 Å². The summed E-state index contributed by atoms with van der Waals surface area (Å²) in [6.45, 7) is 10.4. The van der Waals surface area contributed by atoms with E-state index in [0.717, 1.165) is 5.57 Å². The second kappa shape index (κ2) is 17.4. The van der Waals surface area contributed by atoms with Crippen LogP contribution in [-0.2, 0) is 33.2 Å². The molecule has 3 saturated heterocycles. The number of rotatable bonds is 9. The van der Waals surface area contributed by atoms with Gasteiger partial charge in [0, 0.05) is 5.41 Å². The first kappa shape index (κ1) is 49.9. The van der Waals surface area contributed by atoms with Gasteiger partial charge in [0.15, 0.2) is 12.6 Å². The average Bonchev–Trinajstić information content (AvgIpc) is 3.52. The SMILES string of the molecule is CC1(C)CC[C@]2(C(=O)O[C@@H]3O[C@H](CO)[C@@H](O)[C@@H]3O)[C@H](O[C@@H]3O[C@H](CO)[C@@H](O)[C@H](O)[C@H]3OC3OCC(O)C(O)C3O)C[C@]3(C)C(=CC[C@@H]4[C@@]5(C)C[C@H](O)[C@H](O)[C@@](C)(CO)[C@@H]5CC[C@]43C)[C@@H]2C1. The summed E-state index contributed by atoms with van der Waals surface area (Å²) in [6.07, 6.45) is -19.0. The van der Waals surface area contributed by atoms with E-state index < -0.39 is 157 Å². The van der Waals surface area contributed by atoms with Gasteiger partial charge in [-0.05, 0) is 90.8 Å². The first-order valence-corrected chi connectivity index (χ1v) is 23.5. The van der Waals surface area contributed by atoms with Gasteiger partial charge in [-0.2, -0.15) is 0 Å². The molecule has 19 nitrogen and oxygen atoms in total. The molecule has 24 atom stereocenters. The summed E-state index contributed by atoms with van der Waals surface area (Å²) >= 11 is 0. The Balaban J connectivity index is 1.25. The van der Waals surface area contributed by atoms with E-state index in [2.05, 4.69) is 40.7 Å². The number of aliphatic hydroxyl groups is 12. The van der Waals surface area contributed by atoms with Gasteiger partial charge in [-0.25, -0.2) is 0 Å². The largest absolute Gasteiger partial charge is 0.432 e. The summed E-state index contributed by atoms with van der Waals surface area (Å²) in [5.74, 6) is -1.67. The van der Waals surface area contributed by atoms with Crippen LogP contribution in [0.25, 0.3) is 0 Å². The topological polar surface area (TPSA) is 315 Å². The van der Waals surface area contributed by atoms with Gasteiger partial charge in [0.25, 0.3) is 0 Å². The van der Waals surface area contributed by atoms with Gasteiger partial charge in [0.2, 0.25) is 6.29 Å². The van der Waals surface area contributed by atoms with Gasteiger partial charge in [0.1, 0.15) is 66.5 Å². The molecule has 372 valence electrons. The molecule has 0 bridgehead atoms. The minimum atomic E-state index is -1.84. The van der Waals surface area contributed by atoms with Crippen molar-refractivity contribution < 1.29 is 94.5 Å². The molecule has 3 heterocycles. The van der Waals surface area contributed by atoms with Gasteiger partial charge in [-0.3, -0.25) is 4.79 Å². The summed E-state index contributed by atoms with van der Waals surface area (Å²) < 4.78 is 36.7. The fraction of sp³-hybridized carbons (Fsp3) is 0.935. The van der Waals surface area contributed by atoms with Crippen molar-refractivity contribution in [3.05, 3.63) is 11.6 Å². The highest BCUT2D eigenvalue weighted by molar-refractivity contribution is 5.80. The Labute approximate surface area is 379 Å². The van der Waals surface area contributed by atoms with E-state index in [0.29, 0.717) is 38.5 Å². The van der Waals surface area contributed by atoms with Gasteiger partial charge < -0.3 is 89.7 Å². The van der Waals surface area contributed by atoms with Crippen molar-refractivity contribution in [1.82, 2.24) is 0 Å². The molecule has 4 saturated carbocycles. The number of allylic oxidation sites excluding steroid dienone is 2. The van der Waals surface area contributed by atoms with Gasteiger partial charge in [-0.15, -0.1) is 0 Å². The maximum Gasteiger partial charge on any atom is 0.317 e. The molecule has 7 fully saturated rings. The smallest absolute Gasteiger partial charge is 0.317 e. The lowest BCUT2D eigenvalue weighted by Gasteiger charge is -2.72. The highest BCUT2D eigenvalue weighted by atomic mass is 16.8. The highest BCUT2D eigenvalue weighted by Gasteiger charge is 2.73. The standard InChI is InChI=1S/C46H74O19/c1-41(2)11-12-46(40(59)65-38-34(57)31(54)25(17-48)61-38)21(13-41)20-7-8-27-42(3)14-22(50)36(58)43(4,19-49)26(42)9-10-44(27,5)45(20,6)15-28(46)63-39-35(32(55)30(53)24(16-47)62-39)64-37-33(56)29(52)23(51)18-60-37/h7,21-39,47-58H,8-19H2,1-6H3/t21-,22-,23?,24+,25+,26+,27+,28+,29?,30+,31+,32-,33?,34-,35+,36-,37?,38-,39-,42-,43-,44+,45+,46+/m0/s1. The van der Waals surface area contributed by atoms with Crippen LogP contribution in [0.4, 0.5) is 0 Å². The Hall–Kier alpha value is -1.47. The van der Waals surface area contributed by atoms with Crippen LogP contribution in [-0.4, -0.2) is 192 Å². The molecule has 3 aliphatic heterocycles. The molecule has 5 aliphatic carbocycles. The van der Waals surface area contributed by atoms with Crippen LogP contribution in [0.3, 0.4) is 0 Å². The first-order valence-electron chi connectivity index (χ1n) is 23.5. The van der Waals surface area contributed by atoms with E-state index in [4.69, 9.17) is 28.4 Å². The quantitative estimate of drug-likeness (QED) is 0.0909. The number of fused-ring (bicyclic) bond motifs is 7. The van der Waals surface area contributed by atoms with Crippen LogP contribution in [0.15, 0.2) is 11.6 Å². The monoisotopic (exact) mass is 930 g/mol. The van der Waals surface area contributed by atoms with Crippen molar-refractivity contribution in [2.45, 2.75) is 191 Å². The summed E-state index contributed by atoms with van der Waals surface area (Å²) in [7, 11) is 0. The van der Waals surface area contributed by atoms with Crippen LogP contribution < -0.4 is 0 Å². The minimum absolute atomic E-state index is 0.101. The Morgan fingerprint density at radius 3 is 1.97 bits per heavy atom. The zero-order valence-electron chi connectivity index (χ0n) is 38.3. The molecule has 0 aromatic rings. The number of ether oxygens (including phenoxy) is 6. The number of hydrogen-bond acceptors (Lipinski definition) is 19. The number of aliphatic hydroxyl groups excluding tert-OH is 12. The van der Waals surface area contributed by atoms with E-state index in [1.54, 1.807) is 0 Å². The fourth-order valence-electron chi connectivity index (χ4n) is 14.7.